The number of aliphatic hydroxyl groups excluding tert-OH is 1. The van der Waals surface area contributed by atoms with E-state index in [4.69, 9.17) is 9.84 Å². The van der Waals surface area contributed by atoms with E-state index in [1.54, 1.807) is 4.90 Å². The number of amides is 1. The zero-order valence-electron chi connectivity index (χ0n) is 14.0. The number of nitrogens with zero attached hydrogens (tertiary/aromatic N) is 2. The van der Waals surface area contributed by atoms with Gasteiger partial charge in [0.05, 0.1) is 6.61 Å². The van der Waals surface area contributed by atoms with Crippen LogP contribution in [-0.2, 0) is 4.79 Å². The van der Waals surface area contributed by atoms with E-state index < -0.39 is 17.7 Å². The van der Waals surface area contributed by atoms with E-state index in [-0.39, 0.29) is 24.2 Å². The van der Waals surface area contributed by atoms with Crippen LogP contribution in [0.5, 0.6) is 5.75 Å². The zero-order valence-corrected chi connectivity index (χ0v) is 14.0. The lowest BCUT2D eigenvalue weighted by Gasteiger charge is -2.36. The number of aliphatic hydroxyl groups is 1. The molecule has 5 nitrogen and oxygen atoms in total. The van der Waals surface area contributed by atoms with Crippen molar-refractivity contribution in [3.05, 3.63) is 29.8 Å². The Bertz CT molecular complexity index is 561. The number of piperazine rings is 1. The van der Waals surface area contributed by atoms with Gasteiger partial charge < -0.3 is 14.7 Å². The Labute approximate surface area is 140 Å². The molecule has 1 aromatic carbocycles. The largest absolute Gasteiger partial charge is 0.477 e. The number of carbonyl (C=O) groups excluding carboxylic acids is 1. The number of hydrogen-bond acceptors (Lipinski definition) is 4. The average molecular weight is 342 g/mol. The third-order valence-electron chi connectivity index (χ3n) is 4.10. The molecule has 0 aliphatic carbocycles. The molecule has 0 spiro atoms. The van der Waals surface area contributed by atoms with E-state index in [9.17, 15) is 13.6 Å². The summed E-state index contributed by atoms with van der Waals surface area (Å²) in [6.07, 6.45) is -0.825. The van der Waals surface area contributed by atoms with Crippen LogP contribution in [0.3, 0.4) is 0 Å². The predicted octanol–water partition coefficient (Wildman–Crippen LogP) is 1.50. The number of carbonyl (C=O) groups is 1. The van der Waals surface area contributed by atoms with Crippen LogP contribution in [0.25, 0.3) is 0 Å². The van der Waals surface area contributed by atoms with Crippen LogP contribution in [0.15, 0.2) is 18.2 Å². The molecule has 0 aromatic heterocycles. The van der Waals surface area contributed by atoms with Gasteiger partial charge in [0.1, 0.15) is 5.82 Å². The molecule has 1 aromatic rings. The van der Waals surface area contributed by atoms with Gasteiger partial charge >= 0.3 is 0 Å². The number of benzene rings is 1. The Morgan fingerprint density at radius 3 is 2.46 bits per heavy atom. The van der Waals surface area contributed by atoms with Gasteiger partial charge in [-0.2, -0.15) is 0 Å². The third-order valence-corrected chi connectivity index (χ3v) is 4.10. The van der Waals surface area contributed by atoms with E-state index in [0.717, 1.165) is 12.1 Å². The molecule has 134 valence electrons. The second kappa shape index (κ2) is 8.39. The fraction of sp³-hybridized carbons (Fsp3) is 0.588. The summed E-state index contributed by atoms with van der Waals surface area (Å²) >= 11 is 0. The SMILES string of the molecule is CC(C)[C@H](Oc1ccc(F)cc1F)C(=O)N1CCN(CCO)CC1. The molecule has 7 heteroatoms. The molecule has 24 heavy (non-hydrogen) atoms. The lowest BCUT2D eigenvalue weighted by atomic mass is 10.1. The minimum atomic E-state index is -0.825. The highest BCUT2D eigenvalue weighted by Gasteiger charge is 2.31. The van der Waals surface area contributed by atoms with Crippen LogP contribution in [0.4, 0.5) is 8.78 Å². The molecule has 1 fully saturated rings. The molecule has 1 atom stereocenters. The van der Waals surface area contributed by atoms with E-state index in [1.807, 2.05) is 13.8 Å². The predicted molar refractivity (Wildman–Crippen MR) is 85.7 cm³/mol. The van der Waals surface area contributed by atoms with Gasteiger partial charge in [0.25, 0.3) is 5.91 Å². The Balaban J connectivity index is 2.03. The minimum absolute atomic E-state index is 0.0928. The van der Waals surface area contributed by atoms with Crippen molar-refractivity contribution in [1.29, 1.82) is 0 Å². The first kappa shape index (κ1) is 18.6. The lowest BCUT2D eigenvalue weighted by Crippen LogP contribution is -2.53. The molecular formula is C17H24F2N2O3. The van der Waals surface area contributed by atoms with Crippen LogP contribution in [0, 0.1) is 17.6 Å². The van der Waals surface area contributed by atoms with E-state index in [2.05, 4.69) is 4.90 Å². The summed E-state index contributed by atoms with van der Waals surface area (Å²) in [4.78, 5) is 16.5. The van der Waals surface area contributed by atoms with Crippen LogP contribution in [0.2, 0.25) is 0 Å². The topological polar surface area (TPSA) is 53.0 Å². The molecule has 0 radical (unpaired) electrons. The molecule has 1 N–H and O–H groups in total. The van der Waals surface area contributed by atoms with Crippen molar-refractivity contribution in [2.45, 2.75) is 20.0 Å². The highest BCUT2D eigenvalue weighted by Crippen LogP contribution is 2.22. The third kappa shape index (κ3) is 4.64. The number of halogens is 2. The summed E-state index contributed by atoms with van der Waals surface area (Å²) in [7, 11) is 0. The number of β-amino-alcohol motifs (C(OH)–C–C–N with tert-alkyl or cyclic N) is 1. The maximum atomic E-state index is 13.8. The molecule has 0 unspecified atom stereocenters. The maximum absolute atomic E-state index is 13.8. The molecule has 0 saturated carbocycles. The quantitative estimate of drug-likeness (QED) is 0.851. The van der Waals surface area contributed by atoms with Crippen molar-refractivity contribution < 1.29 is 23.4 Å². The number of rotatable bonds is 6. The highest BCUT2D eigenvalue weighted by molar-refractivity contribution is 5.81. The smallest absolute Gasteiger partial charge is 0.264 e. The summed E-state index contributed by atoms with van der Waals surface area (Å²) in [5.41, 5.74) is 0. The maximum Gasteiger partial charge on any atom is 0.264 e. The zero-order chi connectivity index (χ0) is 17.7. The fourth-order valence-corrected chi connectivity index (χ4v) is 2.69. The monoisotopic (exact) mass is 342 g/mol. The molecule has 1 amide bonds. The first-order chi connectivity index (χ1) is 11.4. The van der Waals surface area contributed by atoms with E-state index >= 15 is 0 Å². The Hall–Kier alpha value is -1.73. The summed E-state index contributed by atoms with van der Waals surface area (Å²) < 4.78 is 32.4. The van der Waals surface area contributed by atoms with Gasteiger partial charge in [0, 0.05) is 38.8 Å². The summed E-state index contributed by atoms with van der Waals surface area (Å²) in [5.74, 6) is -1.98. The van der Waals surface area contributed by atoms with Crippen LogP contribution >= 0.6 is 0 Å². The van der Waals surface area contributed by atoms with Gasteiger partial charge in [0.2, 0.25) is 0 Å². The van der Waals surface area contributed by atoms with Crippen molar-refractivity contribution in [2.24, 2.45) is 5.92 Å². The molecule has 0 bridgehead atoms. The van der Waals surface area contributed by atoms with Gasteiger partial charge in [-0.25, -0.2) is 8.78 Å². The van der Waals surface area contributed by atoms with Crippen molar-refractivity contribution in [2.75, 3.05) is 39.3 Å². The summed E-state index contributed by atoms with van der Waals surface area (Å²) in [5, 5.41) is 8.96. The number of hydrogen-bond donors (Lipinski definition) is 1. The van der Waals surface area contributed by atoms with Crippen LogP contribution < -0.4 is 4.74 Å². The van der Waals surface area contributed by atoms with Crippen molar-refractivity contribution in [3.8, 4) is 5.75 Å². The normalized spacial score (nSPS) is 17.2. The molecular weight excluding hydrogens is 318 g/mol. The standard InChI is InChI=1S/C17H24F2N2O3/c1-12(2)16(24-15-4-3-13(18)11-14(15)19)17(23)21-7-5-20(6-8-21)9-10-22/h3-4,11-12,16,22H,5-10H2,1-2H3/t16-/m0/s1. The molecule has 2 rings (SSSR count). The fourth-order valence-electron chi connectivity index (χ4n) is 2.69. The van der Waals surface area contributed by atoms with Gasteiger partial charge in [-0.15, -0.1) is 0 Å². The molecule has 1 saturated heterocycles. The number of ether oxygens (including phenoxy) is 1. The molecule has 1 aliphatic rings. The van der Waals surface area contributed by atoms with E-state index in [1.165, 1.54) is 6.07 Å². The van der Waals surface area contributed by atoms with Gasteiger partial charge in [0.15, 0.2) is 17.7 Å². The summed E-state index contributed by atoms with van der Waals surface area (Å²) in [6, 6.07) is 3.05. The Morgan fingerprint density at radius 1 is 1.25 bits per heavy atom. The van der Waals surface area contributed by atoms with Crippen molar-refractivity contribution in [1.82, 2.24) is 9.80 Å². The molecule has 1 aliphatic heterocycles. The first-order valence-corrected chi connectivity index (χ1v) is 8.16. The van der Waals surface area contributed by atoms with Crippen LogP contribution in [-0.4, -0.2) is 66.2 Å². The first-order valence-electron chi connectivity index (χ1n) is 8.16. The Kier molecular flexibility index (Phi) is 6.51. The minimum Gasteiger partial charge on any atom is -0.477 e. The van der Waals surface area contributed by atoms with E-state index in [0.29, 0.717) is 32.7 Å². The second-order valence-electron chi connectivity index (χ2n) is 6.25. The summed E-state index contributed by atoms with van der Waals surface area (Å²) in [6.45, 7) is 6.78. The van der Waals surface area contributed by atoms with Crippen LogP contribution in [0.1, 0.15) is 13.8 Å². The average Bonchev–Trinajstić information content (AvgIpc) is 2.54. The van der Waals surface area contributed by atoms with Gasteiger partial charge in [-0.05, 0) is 18.1 Å². The Morgan fingerprint density at radius 2 is 1.92 bits per heavy atom. The second-order valence-corrected chi connectivity index (χ2v) is 6.25. The highest BCUT2D eigenvalue weighted by atomic mass is 19.1. The molecule has 1 heterocycles. The lowest BCUT2D eigenvalue weighted by molar-refractivity contribution is -0.142. The van der Waals surface area contributed by atoms with Crippen molar-refractivity contribution >= 4 is 5.91 Å². The van der Waals surface area contributed by atoms with Gasteiger partial charge in [-0.1, -0.05) is 13.8 Å². The van der Waals surface area contributed by atoms with Gasteiger partial charge in [-0.3, -0.25) is 9.69 Å². The van der Waals surface area contributed by atoms with Crippen molar-refractivity contribution in [3.63, 3.8) is 0 Å².